The zero-order valence-corrected chi connectivity index (χ0v) is 16.1. The summed E-state index contributed by atoms with van der Waals surface area (Å²) in [7, 11) is 0. The summed E-state index contributed by atoms with van der Waals surface area (Å²) < 4.78 is 4.66. The van der Waals surface area contributed by atoms with Gasteiger partial charge in [-0.25, -0.2) is 9.13 Å². The van der Waals surface area contributed by atoms with Crippen LogP contribution in [0.15, 0.2) is 49.1 Å². The summed E-state index contributed by atoms with van der Waals surface area (Å²) >= 11 is 0. The van der Waals surface area contributed by atoms with E-state index in [9.17, 15) is 0 Å². The molecule has 0 N–H and O–H groups in total. The Hall–Kier alpha value is -1.57. The fourth-order valence-electron chi connectivity index (χ4n) is 2.68. The lowest BCUT2D eigenvalue weighted by Gasteiger charge is -1.97. The van der Waals surface area contributed by atoms with Gasteiger partial charge in [-0.1, -0.05) is 75.4 Å². The summed E-state index contributed by atoms with van der Waals surface area (Å²) in [5.74, 6) is 0. The minimum Gasteiger partial charge on any atom is -0.237 e. The fraction of sp³-hybridized carbons (Fsp3) is 0.591. The van der Waals surface area contributed by atoms with Crippen LogP contribution < -0.4 is 4.57 Å². The average molecular weight is 330 g/mol. The molecule has 2 heteroatoms. The quantitative estimate of drug-likeness (QED) is 0.377. The molecule has 2 aromatic rings. The maximum atomic E-state index is 2.33. The molecule has 1 aromatic carbocycles. The van der Waals surface area contributed by atoms with Gasteiger partial charge in [-0.15, -0.1) is 0 Å². The van der Waals surface area contributed by atoms with Crippen molar-refractivity contribution in [2.75, 3.05) is 0 Å². The summed E-state index contributed by atoms with van der Waals surface area (Å²) in [6.45, 7) is 8.98. The third kappa shape index (κ3) is 10.3. The van der Waals surface area contributed by atoms with Crippen molar-refractivity contribution in [3.8, 4) is 0 Å². The molecule has 0 bridgehead atoms. The number of unbranched alkanes of at least 4 members (excludes halogenated alkanes) is 6. The third-order valence-corrected chi connectivity index (χ3v) is 4.23. The highest BCUT2D eigenvalue weighted by atomic mass is 15.1. The van der Waals surface area contributed by atoms with Crippen molar-refractivity contribution in [3.63, 3.8) is 0 Å². The second-order valence-electron chi connectivity index (χ2n) is 6.67. The first-order valence-corrected chi connectivity index (χ1v) is 9.82. The molecule has 1 aromatic heterocycles. The maximum absolute atomic E-state index is 2.33. The zero-order chi connectivity index (χ0) is 17.5. The molecule has 134 valence electrons. The van der Waals surface area contributed by atoms with E-state index in [4.69, 9.17) is 0 Å². The largest absolute Gasteiger partial charge is 0.243 e. The highest BCUT2D eigenvalue weighted by Crippen LogP contribution is 2.02. The smallest absolute Gasteiger partial charge is 0.237 e. The van der Waals surface area contributed by atoms with Crippen molar-refractivity contribution in [3.05, 3.63) is 54.6 Å². The van der Waals surface area contributed by atoms with Crippen LogP contribution in [0.25, 0.3) is 0 Å². The summed E-state index contributed by atoms with van der Waals surface area (Å²) in [6.07, 6.45) is 17.4. The number of hydrogen-bond donors (Lipinski definition) is 0. The molecule has 0 fully saturated rings. The second kappa shape index (κ2) is 13.8. The van der Waals surface area contributed by atoms with Gasteiger partial charge in [0, 0.05) is 0 Å². The normalized spacial score (nSPS) is 10.3. The standard InChI is InChI=1S/C15H29N2.C7H8/c1-3-5-7-9-11-16-13-14-17(15-16)12-10-8-6-4-2;1-7-5-3-2-4-6-7/h13-15H,3-12H2,1-2H3;2-6H,1H3/q+1;. The molecule has 0 radical (unpaired) electrons. The predicted molar refractivity (Wildman–Crippen MR) is 104 cm³/mol. The molecule has 2 nitrogen and oxygen atoms in total. The van der Waals surface area contributed by atoms with E-state index in [2.05, 4.69) is 60.8 Å². The van der Waals surface area contributed by atoms with Crippen LogP contribution in [0, 0.1) is 6.92 Å². The van der Waals surface area contributed by atoms with Crippen LogP contribution in [0.5, 0.6) is 0 Å². The lowest BCUT2D eigenvalue weighted by atomic mass is 10.2. The number of hydrogen-bond acceptors (Lipinski definition) is 0. The monoisotopic (exact) mass is 329 g/mol. The number of rotatable bonds is 10. The average Bonchev–Trinajstić information content (AvgIpc) is 3.05. The number of nitrogens with zero attached hydrogens (tertiary/aromatic N) is 2. The summed E-state index contributed by atoms with van der Waals surface area (Å²) in [4.78, 5) is 0. The SMILES string of the molecule is CCCCCCn1cc[n+](CCCCCC)c1.Cc1ccccc1. The van der Waals surface area contributed by atoms with E-state index in [1.165, 1.54) is 70.0 Å². The first-order valence-electron chi connectivity index (χ1n) is 9.82. The lowest BCUT2D eigenvalue weighted by Crippen LogP contribution is -2.30. The summed E-state index contributed by atoms with van der Waals surface area (Å²) in [6, 6.07) is 10.3. The Labute approximate surface area is 149 Å². The zero-order valence-electron chi connectivity index (χ0n) is 16.1. The van der Waals surface area contributed by atoms with Crippen LogP contribution in [-0.2, 0) is 13.1 Å². The van der Waals surface area contributed by atoms with Crippen LogP contribution in [0.4, 0.5) is 0 Å². The van der Waals surface area contributed by atoms with E-state index < -0.39 is 0 Å². The Kier molecular flexibility index (Phi) is 11.8. The van der Waals surface area contributed by atoms with Gasteiger partial charge in [-0.05, 0) is 32.6 Å². The molecule has 24 heavy (non-hydrogen) atoms. The van der Waals surface area contributed by atoms with Crippen LogP contribution in [0.3, 0.4) is 0 Å². The van der Waals surface area contributed by atoms with Crippen LogP contribution in [-0.4, -0.2) is 4.57 Å². The first kappa shape index (κ1) is 20.5. The third-order valence-electron chi connectivity index (χ3n) is 4.23. The number of benzene rings is 1. The van der Waals surface area contributed by atoms with Gasteiger partial charge >= 0.3 is 0 Å². The topological polar surface area (TPSA) is 8.81 Å². The summed E-state index contributed by atoms with van der Waals surface area (Å²) in [5, 5.41) is 0. The molecule has 0 aliphatic carbocycles. The number of imidazole rings is 1. The molecule has 1 heterocycles. The Morgan fingerprint density at radius 3 is 2.08 bits per heavy atom. The van der Waals surface area contributed by atoms with E-state index in [0.29, 0.717) is 0 Å². The number of aryl methyl sites for hydroxylation is 3. The molecule has 0 amide bonds. The van der Waals surface area contributed by atoms with E-state index >= 15 is 0 Å². The van der Waals surface area contributed by atoms with Gasteiger partial charge in [-0.2, -0.15) is 0 Å². The molecule has 0 aliphatic heterocycles. The molecule has 2 rings (SSSR count). The molecule has 0 spiro atoms. The van der Waals surface area contributed by atoms with Gasteiger partial charge in [0.05, 0.1) is 13.1 Å². The lowest BCUT2D eigenvalue weighted by molar-refractivity contribution is -0.696. The molecule has 0 saturated heterocycles. The Bertz CT molecular complexity index is 475. The van der Waals surface area contributed by atoms with Crippen LogP contribution >= 0.6 is 0 Å². The summed E-state index contributed by atoms with van der Waals surface area (Å²) in [5.41, 5.74) is 1.32. The van der Waals surface area contributed by atoms with Crippen molar-refractivity contribution in [1.29, 1.82) is 0 Å². The van der Waals surface area contributed by atoms with Gasteiger partial charge < -0.3 is 0 Å². The molecule has 0 atom stereocenters. The second-order valence-corrected chi connectivity index (χ2v) is 6.67. The minimum atomic E-state index is 1.18. The molecular formula is C22H37N2+. The van der Waals surface area contributed by atoms with Gasteiger partial charge in [0.1, 0.15) is 12.4 Å². The highest BCUT2D eigenvalue weighted by molar-refractivity contribution is 5.11. The highest BCUT2D eigenvalue weighted by Gasteiger charge is 2.02. The van der Waals surface area contributed by atoms with Gasteiger partial charge in [0.15, 0.2) is 0 Å². The van der Waals surface area contributed by atoms with Crippen molar-refractivity contribution >= 4 is 0 Å². The van der Waals surface area contributed by atoms with E-state index in [1.807, 2.05) is 18.2 Å². The number of aromatic nitrogens is 2. The fourth-order valence-corrected chi connectivity index (χ4v) is 2.68. The molecular weight excluding hydrogens is 292 g/mol. The predicted octanol–water partition coefficient (Wildman–Crippen LogP) is 5.93. The molecule has 0 unspecified atom stereocenters. The van der Waals surface area contributed by atoms with Gasteiger partial charge in [0.2, 0.25) is 6.33 Å². The van der Waals surface area contributed by atoms with Crippen LogP contribution in [0.1, 0.15) is 70.8 Å². The molecule has 0 aliphatic rings. The molecule has 0 saturated carbocycles. The van der Waals surface area contributed by atoms with Crippen molar-refractivity contribution < 1.29 is 4.57 Å². The van der Waals surface area contributed by atoms with Crippen molar-refractivity contribution in [2.45, 2.75) is 85.2 Å². The Morgan fingerprint density at radius 1 is 0.833 bits per heavy atom. The van der Waals surface area contributed by atoms with Crippen molar-refractivity contribution in [1.82, 2.24) is 4.57 Å². The van der Waals surface area contributed by atoms with E-state index in [1.54, 1.807) is 0 Å². The maximum Gasteiger partial charge on any atom is 0.243 e. The van der Waals surface area contributed by atoms with Crippen LogP contribution in [0.2, 0.25) is 0 Å². The van der Waals surface area contributed by atoms with E-state index in [0.717, 1.165) is 0 Å². The Morgan fingerprint density at radius 2 is 1.50 bits per heavy atom. The first-order chi connectivity index (χ1) is 11.8. The van der Waals surface area contributed by atoms with Gasteiger partial charge in [0.25, 0.3) is 0 Å². The van der Waals surface area contributed by atoms with Crippen molar-refractivity contribution in [2.24, 2.45) is 0 Å². The van der Waals surface area contributed by atoms with E-state index in [-0.39, 0.29) is 0 Å². The van der Waals surface area contributed by atoms with Gasteiger partial charge in [-0.3, -0.25) is 0 Å². The minimum absolute atomic E-state index is 1.18. The Balaban J connectivity index is 0.000000341.